The molecule has 9 heteroatoms. The van der Waals surface area contributed by atoms with E-state index in [1.807, 2.05) is 36.9 Å². The molecule has 1 N–H and O–H groups in total. The van der Waals surface area contributed by atoms with Crippen molar-refractivity contribution in [1.82, 2.24) is 14.5 Å². The van der Waals surface area contributed by atoms with Crippen molar-refractivity contribution in [2.45, 2.75) is 44.4 Å². The molecule has 170 valence electrons. The summed E-state index contributed by atoms with van der Waals surface area (Å²) in [5, 5.41) is 0.639. The Labute approximate surface area is 193 Å². The first-order valence-corrected chi connectivity index (χ1v) is 13.1. The normalized spacial score (nSPS) is 14.5. The van der Waals surface area contributed by atoms with Gasteiger partial charge in [-0.3, -0.25) is 9.52 Å². The molecule has 1 amide bonds. The number of sulfonamides is 1. The molecule has 1 aromatic carbocycles. The van der Waals surface area contributed by atoms with E-state index < -0.39 is 10.0 Å². The molecular weight excluding hydrogens is 444 g/mol. The number of carbonyl (C=O) groups excluding carboxylic acids is 1. The maximum Gasteiger partial charge on any atom is 0.265 e. The Balaban J connectivity index is 1.60. The van der Waals surface area contributed by atoms with Crippen LogP contribution in [-0.2, 0) is 23.5 Å². The van der Waals surface area contributed by atoms with Gasteiger partial charge < -0.3 is 9.47 Å². The first-order valence-electron chi connectivity index (χ1n) is 10.8. The summed E-state index contributed by atoms with van der Waals surface area (Å²) in [6.45, 7) is 5.42. The number of hydrogen-bond donors (Lipinski definition) is 1. The molecule has 2 aromatic heterocycles. The predicted octanol–water partition coefficient (Wildman–Crippen LogP) is 4.45. The number of aryl methyl sites for hydroxylation is 3. The molecule has 0 atom stereocenters. The van der Waals surface area contributed by atoms with Gasteiger partial charge in [-0.25, -0.2) is 13.4 Å². The molecule has 0 saturated carbocycles. The highest BCUT2D eigenvalue weighted by atomic mass is 32.2. The van der Waals surface area contributed by atoms with Gasteiger partial charge in [0.2, 0.25) is 0 Å². The molecule has 0 aliphatic carbocycles. The van der Waals surface area contributed by atoms with Crippen LogP contribution in [0, 0.1) is 6.92 Å². The van der Waals surface area contributed by atoms with Gasteiger partial charge in [0, 0.05) is 32.0 Å². The second-order valence-corrected chi connectivity index (χ2v) is 10.8. The second kappa shape index (κ2) is 9.07. The highest BCUT2D eigenvalue weighted by molar-refractivity contribution is 7.92. The number of benzene rings is 1. The summed E-state index contributed by atoms with van der Waals surface area (Å²) in [6.07, 6.45) is 5.62. The van der Waals surface area contributed by atoms with Crippen LogP contribution in [0.25, 0.3) is 10.7 Å². The second-order valence-electron chi connectivity index (χ2n) is 8.12. The number of piperidine rings is 1. The maximum absolute atomic E-state index is 13.0. The third-order valence-corrected chi connectivity index (χ3v) is 8.25. The Morgan fingerprint density at radius 1 is 1.19 bits per heavy atom. The summed E-state index contributed by atoms with van der Waals surface area (Å²) >= 11 is 1.32. The summed E-state index contributed by atoms with van der Waals surface area (Å²) in [5.74, 6) is 0.0190. The van der Waals surface area contributed by atoms with Crippen molar-refractivity contribution in [3.8, 4) is 10.7 Å². The minimum Gasteiger partial charge on any atom is -0.347 e. The summed E-state index contributed by atoms with van der Waals surface area (Å²) < 4.78 is 30.4. The van der Waals surface area contributed by atoms with Gasteiger partial charge in [-0.15, -0.1) is 11.3 Å². The number of thiazole rings is 1. The van der Waals surface area contributed by atoms with Crippen LogP contribution in [0.15, 0.2) is 41.4 Å². The highest BCUT2D eigenvalue weighted by Gasteiger charge is 2.25. The number of nitrogens with one attached hydrogen (secondary N) is 1. The average molecular weight is 473 g/mol. The Kier molecular flexibility index (Phi) is 6.39. The number of amides is 1. The van der Waals surface area contributed by atoms with Crippen molar-refractivity contribution in [2.75, 3.05) is 17.8 Å². The van der Waals surface area contributed by atoms with Gasteiger partial charge in [-0.2, -0.15) is 0 Å². The summed E-state index contributed by atoms with van der Waals surface area (Å²) in [6, 6.07) is 8.99. The maximum atomic E-state index is 13.0. The van der Waals surface area contributed by atoms with Crippen LogP contribution in [0.1, 0.15) is 47.1 Å². The van der Waals surface area contributed by atoms with Crippen molar-refractivity contribution in [1.29, 1.82) is 0 Å². The van der Waals surface area contributed by atoms with E-state index in [0.29, 0.717) is 27.0 Å². The fourth-order valence-corrected chi connectivity index (χ4v) is 6.12. The van der Waals surface area contributed by atoms with E-state index in [9.17, 15) is 13.2 Å². The number of carbonyl (C=O) groups is 1. The lowest BCUT2D eigenvalue weighted by Crippen LogP contribution is -2.35. The zero-order valence-corrected chi connectivity index (χ0v) is 20.2. The summed E-state index contributed by atoms with van der Waals surface area (Å²) in [4.78, 5) is 20.2. The van der Waals surface area contributed by atoms with Crippen LogP contribution in [-0.4, -0.2) is 41.9 Å². The lowest BCUT2D eigenvalue weighted by molar-refractivity contribution is 0.0728. The fraction of sp³-hybridized carbons (Fsp3) is 0.391. The molecule has 1 saturated heterocycles. The zero-order valence-electron chi connectivity index (χ0n) is 18.6. The van der Waals surface area contributed by atoms with Crippen molar-refractivity contribution in [3.05, 3.63) is 52.7 Å². The minimum atomic E-state index is -3.75. The Morgan fingerprint density at radius 2 is 1.94 bits per heavy atom. The Morgan fingerprint density at radius 3 is 2.66 bits per heavy atom. The third kappa shape index (κ3) is 4.59. The van der Waals surface area contributed by atoms with E-state index in [1.165, 1.54) is 11.3 Å². The molecule has 1 aliphatic heterocycles. The summed E-state index contributed by atoms with van der Waals surface area (Å²) in [5.41, 5.74) is 2.94. The SMILES string of the molecule is CCc1cccc(NS(=O)(=O)c2cc(-c3nc(C)c(C(=O)N4CCCCC4)s3)n(C)c2)c1. The van der Waals surface area contributed by atoms with Crippen LogP contribution >= 0.6 is 11.3 Å². The Bertz CT molecular complexity index is 1240. The quantitative estimate of drug-likeness (QED) is 0.575. The molecule has 4 rings (SSSR count). The number of hydrogen-bond acceptors (Lipinski definition) is 5. The van der Waals surface area contributed by atoms with Gasteiger partial charge in [-0.05, 0) is 56.4 Å². The van der Waals surface area contributed by atoms with Gasteiger partial charge in [-0.1, -0.05) is 19.1 Å². The highest BCUT2D eigenvalue weighted by Crippen LogP contribution is 2.32. The van der Waals surface area contributed by atoms with Gasteiger partial charge in [0.1, 0.15) is 14.8 Å². The molecule has 1 fully saturated rings. The summed E-state index contributed by atoms with van der Waals surface area (Å²) in [7, 11) is -1.97. The number of aromatic nitrogens is 2. The number of nitrogens with zero attached hydrogens (tertiary/aromatic N) is 3. The van der Waals surface area contributed by atoms with Crippen LogP contribution in [0.5, 0.6) is 0 Å². The molecule has 0 spiro atoms. The standard InChI is InChI=1S/C23H28N4O3S2/c1-4-17-9-8-10-18(13-17)25-32(29,30)19-14-20(26(3)15-19)22-24-16(2)21(31-22)23(28)27-11-6-5-7-12-27/h8-10,13-15,25H,4-7,11-12H2,1-3H3. The number of likely N-dealkylation sites (tertiary alicyclic amines) is 1. The van der Waals surface area contributed by atoms with E-state index >= 15 is 0 Å². The third-order valence-electron chi connectivity index (χ3n) is 5.73. The number of rotatable bonds is 6. The van der Waals surface area contributed by atoms with Gasteiger partial charge in [0.05, 0.1) is 11.4 Å². The molecule has 0 bridgehead atoms. The molecule has 3 aromatic rings. The molecule has 7 nitrogen and oxygen atoms in total. The minimum absolute atomic E-state index is 0.0190. The zero-order chi connectivity index (χ0) is 22.9. The van der Waals surface area contributed by atoms with Gasteiger partial charge in [0.15, 0.2) is 0 Å². The van der Waals surface area contributed by atoms with E-state index in [1.54, 1.807) is 29.9 Å². The fourth-order valence-electron chi connectivity index (χ4n) is 3.91. The first-order chi connectivity index (χ1) is 15.3. The van der Waals surface area contributed by atoms with Crippen LogP contribution in [0.2, 0.25) is 0 Å². The molecular formula is C23H28N4O3S2. The van der Waals surface area contributed by atoms with Crippen molar-refractivity contribution < 1.29 is 13.2 Å². The largest absolute Gasteiger partial charge is 0.347 e. The van der Waals surface area contributed by atoms with E-state index in [4.69, 9.17) is 0 Å². The van der Waals surface area contributed by atoms with Crippen LogP contribution < -0.4 is 4.72 Å². The molecule has 0 radical (unpaired) electrons. The van der Waals surface area contributed by atoms with Gasteiger partial charge in [0.25, 0.3) is 15.9 Å². The van der Waals surface area contributed by atoms with Crippen LogP contribution in [0.3, 0.4) is 0 Å². The predicted molar refractivity (Wildman–Crippen MR) is 128 cm³/mol. The number of anilines is 1. The lowest BCUT2D eigenvalue weighted by atomic mass is 10.1. The van der Waals surface area contributed by atoms with E-state index in [-0.39, 0.29) is 10.8 Å². The van der Waals surface area contributed by atoms with Gasteiger partial charge >= 0.3 is 0 Å². The average Bonchev–Trinajstić information content (AvgIpc) is 3.36. The van der Waals surface area contributed by atoms with Crippen molar-refractivity contribution >= 4 is 33.0 Å². The molecule has 3 heterocycles. The lowest BCUT2D eigenvalue weighted by Gasteiger charge is -2.26. The molecule has 1 aliphatic rings. The van der Waals surface area contributed by atoms with Crippen molar-refractivity contribution in [3.63, 3.8) is 0 Å². The van der Waals surface area contributed by atoms with Crippen molar-refractivity contribution in [2.24, 2.45) is 7.05 Å². The topological polar surface area (TPSA) is 84.3 Å². The molecule has 0 unspecified atom stereocenters. The monoisotopic (exact) mass is 472 g/mol. The van der Waals surface area contributed by atoms with E-state index in [0.717, 1.165) is 44.3 Å². The van der Waals surface area contributed by atoms with Crippen LogP contribution in [0.4, 0.5) is 5.69 Å². The van der Waals surface area contributed by atoms with E-state index in [2.05, 4.69) is 9.71 Å². The smallest absolute Gasteiger partial charge is 0.265 e. The first kappa shape index (κ1) is 22.5. The molecule has 32 heavy (non-hydrogen) atoms. The Hall–Kier alpha value is -2.65.